The molecule has 0 bridgehead atoms. The average molecular weight is 336 g/mol. The number of benzene rings is 2. The van der Waals surface area contributed by atoms with Crippen molar-refractivity contribution < 1.29 is 4.92 Å². The fourth-order valence-corrected chi connectivity index (χ4v) is 2.79. The fraction of sp³-hybridized carbons (Fsp3) is 0.211. The Morgan fingerprint density at radius 3 is 2.64 bits per heavy atom. The Morgan fingerprint density at radius 1 is 1.16 bits per heavy atom. The molecule has 0 fully saturated rings. The van der Waals surface area contributed by atoms with Gasteiger partial charge in [0.1, 0.15) is 5.69 Å². The zero-order chi connectivity index (χ0) is 17.8. The summed E-state index contributed by atoms with van der Waals surface area (Å²) in [6.07, 6.45) is 1.63. The molecule has 0 saturated carbocycles. The van der Waals surface area contributed by atoms with Gasteiger partial charge in [0.25, 0.3) is 0 Å². The molecule has 1 atom stereocenters. The normalized spacial score (nSPS) is 11.9. The van der Waals surface area contributed by atoms with Gasteiger partial charge in [0.15, 0.2) is 0 Å². The van der Waals surface area contributed by atoms with Crippen LogP contribution in [-0.2, 0) is 0 Å². The molecule has 0 aliphatic carbocycles. The molecule has 0 radical (unpaired) electrons. The molecule has 128 valence electrons. The van der Waals surface area contributed by atoms with Crippen molar-refractivity contribution in [2.75, 3.05) is 23.8 Å². The van der Waals surface area contributed by atoms with Gasteiger partial charge in [0.2, 0.25) is 0 Å². The largest absolute Gasteiger partial charge is 0.377 e. The van der Waals surface area contributed by atoms with Crippen LogP contribution in [0.5, 0.6) is 0 Å². The van der Waals surface area contributed by atoms with Gasteiger partial charge in [-0.05, 0) is 43.3 Å². The molecule has 1 aromatic heterocycles. The zero-order valence-corrected chi connectivity index (χ0v) is 14.2. The first-order valence-electron chi connectivity index (χ1n) is 8.12. The van der Waals surface area contributed by atoms with Crippen molar-refractivity contribution in [3.05, 3.63) is 70.9 Å². The second kappa shape index (κ2) is 7.17. The molecular weight excluding hydrogens is 316 g/mol. The molecule has 6 heteroatoms. The molecule has 0 aliphatic heterocycles. The summed E-state index contributed by atoms with van der Waals surface area (Å²) in [5.41, 5.74) is 2.31. The Kier molecular flexibility index (Phi) is 4.79. The first kappa shape index (κ1) is 16.7. The van der Waals surface area contributed by atoms with Crippen molar-refractivity contribution in [1.29, 1.82) is 0 Å². The molecule has 0 aliphatic rings. The molecule has 0 amide bonds. The third-order valence-corrected chi connectivity index (χ3v) is 4.35. The van der Waals surface area contributed by atoms with Gasteiger partial charge in [0, 0.05) is 31.5 Å². The lowest BCUT2D eigenvalue weighted by Crippen LogP contribution is -2.34. The number of rotatable bonds is 6. The van der Waals surface area contributed by atoms with Crippen LogP contribution in [0.1, 0.15) is 6.92 Å². The summed E-state index contributed by atoms with van der Waals surface area (Å²) in [6.45, 7) is 2.66. The van der Waals surface area contributed by atoms with Crippen LogP contribution in [0.15, 0.2) is 60.8 Å². The molecule has 2 aromatic carbocycles. The maximum absolute atomic E-state index is 11.6. The minimum Gasteiger partial charge on any atom is -0.377 e. The minimum atomic E-state index is -0.349. The van der Waals surface area contributed by atoms with E-state index in [0.29, 0.717) is 23.1 Å². The van der Waals surface area contributed by atoms with Crippen molar-refractivity contribution >= 4 is 28.0 Å². The van der Waals surface area contributed by atoms with E-state index < -0.39 is 0 Å². The highest BCUT2D eigenvalue weighted by Crippen LogP contribution is 2.32. The maximum atomic E-state index is 11.6. The van der Waals surface area contributed by atoms with E-state index in [9.17, 15) is 10.1 Å². The standard InChI is InChI=1S/C19H20N4O2/c1-14(22(2)15-7-4-3-5-8-15)13-21-18-11-10-17-16(9-6-12-20-17)19(18)23(24)25/h3-12,14,21H,13H2,1-2H3/t14-/m0/s1. The topological polar surface area (TPSA) is 71.3 Å². The molecular formula is C19H20N4O2. The molecule has 3 aromatic rings. The number of nitrogens with zero attached hydrogens (tertiary/aromatic N) is 3. The van der Waals surface area contributed by atoms with Crippen molar-refractivity contribution in [3.63, 3.8) is 0 Å². The molecule has 0 saturated heterocycles. The Morgan fingerprint density at radius 2 is 1.92 bits per heavy atom. The summed E-state index contributed by atoms with van der Waals surface area (Å²) in [7, 11) is 2.01. The van der Waals surface area contributed by atoms with Gasteiger partial charge < -0.3 is 10.2 Å². The highest BCUT2D eigenvalue weighted by Gasteiger charge is 2.19. The summed E-state index contributed by atoms with van der Waals surface area (Å²) < 4.78 is 0. The second-order valence-corrected chi connectivity index (χ2v) is 5.97. The number of nitro benzene ring substituents is 1. The molecule has 0 unspecified atom stereocenters. The Hall–Kier alpha value is -3.15. The van der Waals surface area contributed by atoms with E-state index in [1.165, 1.54) is 0 Å². The predicted octanol–water partition coefficient (Wildman–Crippen LogP) is 4.08. The first-order chi connectivity index (χ1) is 12.1. The fourth-order valence-electron chi connectivity index (χ4n) is 2.79. The minimum absolute atomic E-state index is 0.0696. The van der Waals surface area contributed by atoms with E-state index in [0.717, 1.165) is 5.69 Å². The zero-order valence-electron chi connectivity index (χ0n) is 14.2. The van der Waals surface area contributed by atoms with Crippen LogP contribution in [-0.4, -0.2) is 29.5 Å². The van der Waals surface area contributed by atoms with Crippen LogP contribution in [0.4, 0.5) is 17.1 Å². The molecule has 0 spiro atoms. The SMILES string of the molecule is C[C@@H](CNc1ccc2ncccc2c1[N+](=O)[O-])N(C)c1ccccc1. The van der Waals surface area contributed by atoms with Crippen molar-refractivity contribution in [2.24, 2.45) is 0 Å². The van der Waals surface area contributed by atoms with Crippen LogP contribution >= 0.6 is 0 Å². The van der Waals surface area contributed by atoms with Gasteiger partial charge in [0.05, 0.1) is 15.8 Å². The van der Waals surface area contributed by atoms with Gasteiger partial charge in [-0.3, -0.25) is 15.1 Å². The molecule has 6 nitrogen and oxygen atoms in total. The van der Waals surface area contributed by atoms with Gasteiger partial charge in [-0.15, -0.1) is 0 Å². The van der Waals surface area contributed by atoms with Crippen LogP contribution in [0, 0.1) is 10.1 Å². The number of anilines is 2. The summed E-state index contributed by atoms with van der Waals surface area (Å²) >= 11 is 0. The Bertz CT molecular complexity index is 883. The predicted molar refractivity (Wildman–Crippen MR) is 101 cm³/mol. The van der Waals surface area contributed by atoms with Crippen molar-refractivity contribution in [1.82, 2.24) is 4.98 Å². The Labute approximate surface area is 146 Å². The van der Waals surface area contributed by atoms with E-state index in [1.807, 2.05) is 37.4 Å². The van der Waals surface area contributed by atoms with Crippen molar-refractivity contribution in [3.8, 4) is 0 Å². The van der Waals surface area contributed by atoms with Crippen LogP contribution in [0.2, 0.25) is 0 Å². The maximum Gasteiger partial charge on any atom is 0.301 e. The number of para-hydroxylation sites is 1. The van der Waals surface area contributed by atoms with E-state index in [1.54, 1.807) is 30.5 Å². The summed E-state index contributed by atoms with van der Waals surface area (Å²) in [4.78, 5) is 17.5. The lowest BCUT2D eigenvalue weighted by molar-refractivity contribution is -0.382. The number of aromatic nitrogens is 1. The van der Waals surface area contributed by atoms with E-state index in [4.69, 9.17) is 0 Å². The third kappa shape index (κ3) is 3.52. The lowest BCUT2D eigenvalue weighted by atomic mass is 10.1. The molecule has 3 rings (SSSR count). The lowest BCUT2D eigenvalue weighted by Gasteiger charge is -2.27. The van der Waals surface area contributed by atoms with E-state index in [-0.39, 0.29) is 16.7 Å². The van der Waals surface area contributed by atoms with Crippen LogP contribution in [0.25, 0.3) is 10.9 Å². The summed E-state index contributed by atoms with van der Waals surface area (Å²) in [5.74, 6) is 0. The number of nitrogens with one attached hydrogen (secondary N) is 1. The number of hydrogen-bond acceptors (Lipinski definition) is 5. The quantitative estimate of drug-likeness (QED) is 0.542. The molecule has 25 heavy (non-hydrogen) atoms. The van der Waals surface area contributed by atoms with Crippen molar-refractivity contribution in [2.45, 2.75) is 13.0 Å². The van der Waals surface area contributed by atoms with Crippen LogP contribution < -0.4 is 10.2 Å². The van der Waals surface area contributed by atoms with Gasteiger partial charge >= 0.3 is 5.69 Å². The number of hydrogen-bond donors (Lipinski definition) is 1. The Balaban J connectivity index is 1.81. The second-order valence-electron chi connectivity index (χ2n) is 5.97. The highest BCUT2D eigenvalue weighted by atomic mass is 16.6. The number of pyridine rings is 1. The number of fused-ring (bicyclic) bond motifs is 1. The summed E-state index contributed by atoms with van der Waals surface area (Å²) in [6, 6.07) is 17.2. The first-order valence-corrected chi connectivity index (χ1v) is 8.12. The van der Waals surface area contributed by atoms with Crippen LogP contribution in [0.3, 0.4) is 0 Å². The van der Waals surface area contributed by atoms with Gasteiger partial charge in [-0.25, -0.2) is 0 Å². The highest BCUT2D eigenvalue weighted by molar-refractivity contribution is 5.94. The third-order valence-electron chi connectivity index (χ3n) is 4.35. The monoisotopic (exact) mass is 336 g/mol. The smallest absolute Gasteiger partial charge is 0.301 e. The van der Waals surface area contributed by atoms with Gasteiger partial charge in [-0.1, -0.05) is 18.2 Å². The van der Waals surface area contributed by atoms with Gasteiger partial charge in [-0.2, -0.15) is 0 Å². The van der Waals surface area contributed by atoms with E-state index >= 15 is 0 Å². The average Bonchev–Trinajstić information content (AvgIpc) is 2.65. The molecule has 1 N–H and O–H groups in total. The number of likely N-dealkylation sites (N-methyl/N-ethyl adjacent to an activating group) is 1. The van der Waals surface area contributed by atoms with E-state index in [2.05, 4.69) is 22.1 Å². The summed E-state index contributed by atoms with van der Waals surface area (Å²) in [5, 5.41) is 15.3. The molecule has 1 heterocycles. The number of nitro groups is 1.